The first kappa shape index (κ1) is 10.2. The molecule has 1 aliphatic rings. The number of halogens is 1. The van der Waals surface area contributed by atoms with Crippen molar-refractivity contribution in [1.29, 1.82) is 0 Å². The van der Waals surface area contributed by atoms with Crippen molar-refractivity contribution in [2.24, 2.45) is 0 Å². The number of hydrogen-bond acceptors (Lipinski definition) is 4. The van der Waals surface area contributed by atoms with Gasteiger partial charge in [0.25, 0.3) is 0 Å². The number of hydrazine groups is 2. The van der Waals surface area contributed by atoms with Gasteiger partial charge in [-0.3, -0.25) is 4.79 Å². The highest BCUT2D eigenvalue weighted by atomic mass is 19.1. The Hall–Kier alpha value is -1.30. The molecule has 1 aliphatic heterocycles. The smallest absolute Gasteiger partial charge is 0.150 e. The van der Waals surface area contributed by atoms with Crippen LogP contribution in [0.25, 0.3) is 0 Å². The number of benzene rings is 1. The van der Waals surface area contributed by atoms with Crippen LogP contribution in [0.3, 0.4) is 0 Å². The molecule has 0 amide bonds. The maximum atomic E-state index is 13.5. The van der Waals surface area contributed by atoms with E-state index >= 15 is 0 Å². The molecule has 1 aromatic rings. The van der Waals surface area contributed by atoms with Crippen molar-refractivity contribution in [3.63, 3.8) is 0 Å². The largest absolute Gasteiger partial charge is 0.298 e. The molecule has 1 saturated heterocycles. The van der Waals surface area contributed by atoms with Gasteiger partial charge in [0.05, 0.1) is 6.04 Å². The number of carbonyl (C=O) groups excluding carboxylic acids is 1. The summed E-state index contributed by atoms with van der Waals surface area (Å²) < 4.78 is 13.5. The maximum absolute atomic E-state index is 13.5. The number of hydrogen-bond donors (Lipinski definition) is 3. The summed E-state index contributed by atoms with van der Waals surface area (Å²) in [5.74, 6) is -0.354. The Kier molecular flexibility index (Phi) is 2.77. The second kappa shape index (κ2) is 4.06. The molecule has 0 bridgehead atoms. The molecule has 1 heterocycles. The zero-order valence-electron chi connectivity index (χ0n) is 8.25. The maximum Gasteiger partial charge on any atom is 0.150 e. The van der Waals surface area contributed by atoms with Crippen LogP contribution in [0.4, 0.5) is 4.39 Å². The van der Waals surface area contributed by atoms with Crippen LogP contribution in [0.2, 0.25) is 0 Å². The van der Waals surface area contributed by atoms with Crippen molar-refractivity contribution >= 4 is 5.78 Å². The summed E-state index contributed by atoms with van der Waals surface area (Å²) in [5, 5.41) is 0. The molecule has 5 heteroatoms. The van der Waals surface area contributed by atoms with Crippen LogP contribution in [0.5, 0.6) is 0 Å². The third-order valence-electron chi connectivity index (χ3n) is 2.47. The van der Waals surface area contributed by atoms with Crippen LogP contribution in [-0.2, 0) is 4.79 Å². The molecule has 1 fully saturated rings. The van der Waals surface area contributed by atoms with Crippen molar-refractivity contribution in [1.82, 2.24) is 16.4 Å². The van der Waals surface area contributed by atoms with Crippen molar-refractivity contribution < 1.29 is 9.18 Å². The van der Waals surface area contributed by atoms with Gasteiger partial charge in [-0.05, 0) is 13.0 Å². The predicted octanol–water partition coefficient (Wildman–Crippen LogP) is 0.437. The number of rotatable bonds is 2. The second-order valence-electron chi connectivity index (χ2n) is 3.50. The summed E-state index contributed by atoms with van der Waals surface area (Å²) in [6.07, 6.45) is 0. The number of carbonyl (C=O) groups is 1. The van der Waals surface area contributed by atoms with E-state index in [1.54, 1.807) is 18.2 Å². The number of Topliss-reactive ketones (excluding diaryl/α,β-unsaturated/α-hetero) is 1. The van der Waals surface area contributed by atoms with Gasteiger partial charge in [-0.25, -0.2) is 15.2 Å². The molecular formula is C10H12FN3O. The number of nitrogens with one attached hydrogen (secondary N) is 3. The van der Waals surface area contributed by atoms with Crippen molar-refractivity contribution in [2.45, 2.75) is 19.0 Å². The number of ketones is 1. The third kappa shape index (κ3) is 1.90. The first-order chi connectivity index (χ1) is 7.20. The van der Waals surface area contributed by atoms with E-state index in [2.05, 4.69) is 16.4 Å². The molecule has 0 aromatic heterocycles. The van der Waals surface area contributed by atoms with Crippen molar-refractivity contribution in [3.8, 4) is 0 Å². The highest BCUT2D eigenvalue weighted by Crippen LogP contribution is 2.21. The Balaban J connectivity index is 2.30. The normalized spacial score (nSPS) is 25.5. The van der Waals surface area contributed by atoms with Gasteiger partial charge in [-0.2, -0.15) is 5.53 Å². The zero-order chi connectivity index (χ0) is 10.8. The Morgan fingerprint density at radius 2 is 2.07 bits per heavy atom. The van der Waals surface area contributed by atoms with Gasteiger partial charge in [-0.15, -0.1) is 0 Å². The molecule has 2 atom stereocenters. The van der Waals surface area contributed by atoms with Gasteiger partial charge < -0.3 is 0 Å². The average Bonchev–Trinajstić information content (AvgIpc) is 2.67. The van der Waals surface area contributed by atoms with Gasteiger partial charge >= 0.3 is 0 Å². The molecule has 0 saturated carbocycles. The highest BCUT2D eigenvalue weighted by Gasteiger charge is 2.32. The monoisotopic (exact) mass is 209 g/mol. The van der Waals surface area contributed by atoms with Crippen LogP contribution in [0, 0.1) is 5.82 Å². The lowest BCUT2D eigenvalue weighted by Gasteiger charge is -2.15. The Labute approximate surface area is 86.8 Å². The van der Waals surface area contributed by atoms with Gasteiger partial charge in [0.1, 0.15) is 17.6 Å². The Bertz CT molecular complexity index is 383. The summed E-state index contributed by atoms with van der Waals surface area (Å²) >= 11 is 0. The van der Waals surface area contributed by atoms with E-state index < -0.39 is 6.04 Å². The van der Waals surface area contributed by atoms with E-state index in [0.29, 0.717) is 5.56 Å². The first-order valence-corrected chi connectivity index (χ1v) is 4.71. The molecule has 4 nitrogen and oxygen atoms in total. The standard InChI is InChI=1S/C10H12FN3O/c1-6(15)9-10(13-14-12-9)7-4-2-3-5-8(7)11/h2-5,9-10,12-14H,1H3. The molecule has 2 unspecified atom stereocenters. The molecule has 2 rings (SSSR count). The summed E-state index contributed by atoms with van der Waals surface area (Å²) in [4.78, 5) is 11.3. The first-order valence-electron chi connectivity index (χ1n) is 4.71. The SMILES string of the molecule is CC(=O)C1NNNC1c1ccccc1F. The van der Waals surface area contributed by atoms with E-state index in [1.165, 1.54) is 13.0 Å². The third-order valence-corrected chi connectivity index (χ3v) is 2.47. The van der Waals surface area contributed by atoms with E-state index in [4.69, 9.17) is 0 Å². The predicted molar refractivity (Wildman–Crippen MR) is 53.0 cm³/mol. The fourth-order valence-electron chi connectivity index (χ4n) is 1.68. The van der Waals surface area contributed by atoms with Crippen LogP contribution >= 0.6 is 0 Å². The fraction of sp³-hybridized carbons (Fsp3) is 0.300. The van der Waals surface area contributed by atoms with Crippen molar-refractivity contribution in [2.75, 3.05) is 0 Å². The minimum absolute atomic E-state index is 0.0410. The average molecular weight is 209 g/mol. The van der Waals surface area contributed by atoms with Crippen LogP contribution in [0.1, 0.15) is 18.5 Å². The van der Waals surface area contributed by atoms with Crippen LogP contribution in [-0.4, -0.2) is 11.8 Å². The second-order valence-corrected chi connectivity index (χ2v) is 3.50. The quantitative estimate of drug-likeness (QED) is 0.661. The van der Waals surface area contributed by atoms with Gasteiger partial charge in [0.2, 0.25) is 0 Å². The minimum atomic E-state index is -0.443. The Morgan fingerprint density at radius 3 is 2.73 bits per heavy atom. The summed E-state index contributed by atoms with van der Waals surface area (Å²) in [5.41, 5.74) is 8.70. The van der Waals surface area contributed by atoms with E-state index in [1.807, 2.05) is 0 Å². The van der Waals surface area contributed by atoms with E-state index in [-0.39, 0.29) is 17.6 Å². The lowest BCUT2D eigenvalue weighted by molar-refractivity contribution is -0.119. The molecule has 0 spiro atoms. The zero-order valence-corrected chi connectivity index (χ0v) is 8.25. The van der Waals surface area contributed by atoms with Gasteiger partial charge in [-0.1, -0.05) is 18.2 Å². The topological polar surface area (TPSA) is 53.2 Å². The van der Waals surface area contributed by atoms with E-state index in [9.17, 15) is 9.18 Å². The van der Waals surface area contributed by atoms with Gasteiger partial charge in [0, 0.05) is 5.56 Å². The summed E-state index contributed by atoms with van der Waals surface area (Å²) in [7, 11) is 0. The summed E-state index contributed by atoms with van der Waals surface area (Å²) in [6.45, 7) is 1.47. The molecule has 0 radical (unpaired) electrons. The van der Waals surface area contributed by atoms with Crippen LogP contribution < -0.4 is 16.4 Å². The molecular weight excluding hydrogens is 197 g/mol. The lowest BCUT2D eigenvalue weighted by Crippen LogP contribution is -2.37. The molecule has 1 aromatic carbocycles. The van der Waals surface area contributed by atoms with E-state index in [0.717, 1.165) is 0 Å². The fourth-order valence-corrected chi connectivity index (χ4v) is 1.68. The molecule has 0 aliphatic carbocycles. The minimum Gasteiger partial charge on any atom is -0.298 e. The van der Waals surface area contributed by atoms with Crippen molar-refractivity contribution in [3.05, 3.63) is 35.6 Å². The lowest BCUT2D eigenvalue weighted by atomic mass is 9.98. The van der Waals surface area contributed by atoms with Crippen LogP contribution in [0.15, 0.2) is 24.3 Å². The molecule has 15 heavy (non-hydrogen) atoms. The molecule has 3 N–H and O–H groups in total. The Morgan fingerprint density at radius 1 is 1.33 bits per heavy atom. The highest BCUT2D eigenvalue weighted by molar-refractivity contribution is 5.82. The molecule has 80 valence electrons. The summed E-state index contributed by atoms with van der Waals surface area (Å²) in [6, 6.07) is 5.60. The van der Waals surface area contributed by atoms with Gasteiger partial charge in [0.15, 0.2) is 0 Å².